The summed E-state index contributed by atoms with van der Waals surface area (Å²) < 4.78 is 40.1. The van der Waals surface area contributed by atoms with Gasteiger partial charge in [0.2, 0.25) is 0 Å². The van der Waals surface area contributed by atoms with Gasteiger partial charge in [0, 0.05) is 28.5 Å². The van der Waals surface area contributed by atoms with E-state index < -0.39 is 11.9 Å². The van der Waals surface area contributed by atoms with Crippen LogP contribution in [0, 0.1) is 0 Å². The van der Waals surface area contributed by atoms with Crippen molar-refractivity contribution in [3.05, 3.63) is 71.8 Å². The van der Waals surface area contributed by atoms with E-state index in [0.717, 1.165) is 11.6 Å². The van der Waals surface area contributed by atoms with Crippen LogP contribution in [0.25, 0.3) is 34.2 Å². The summed E-state index contributed by atoms with van der Waals surface area (Å²) in [6, 6.07) is 10.8. The highest BCUT2D eigenvalue weighted by atomic mass is 35.5. The zero-order valence-corrected chi connectivity index (χ0v) is 14.8. The summed E-state index contributed by atoms with van der Waals surface area (Å²) >= 11 is 5.86. The number of aromatic nitrogens is 5. The molecule has 9 heteroatoms. The first-order valence-electron chi connectivity index (χ1n) is 8.08. The quantitative estimate of drug-likeness (QED) is 0.508. The smallest absolute Gasteiger partial charge is 0.335 e. The Labute approximate surface area is 162 Å². The van der Waals surface area contributed by atoms with Crippen LogP contribution in [0.4, 0.5) is 13.2 Å². The minimum absolute atomic E-state index is 0.119. The maximum absolute atomic E-state index is 13.4. The van der Waals surface area contributed by atoms with Crippen molar-refractivity contribution in [2.45, 2.75) is 6.18 Å². The molecule has 0 aliphatic carbocycles. The predicted molar refractivity (Wildman–Crippen MR) is 98.3 cm³/mol. The molecule has 4 aromatic rings. The largest absolute Gasteiger partial charge is 0.433 e. The third-order valence-corrected chi connectivity index (χ3v) is 4.17. The number of rotatable bonds is 3. The highest BCUT2D eigenvalue weighted by Gasteiger charge is 2.34. The molecule has 0 aliphatic heterocycles. The summed E-state index contributed by atoms with van der Waals surface area (Å²) in [6.07, 6.45) is 0.105. The van der Waals surface area contributed by atoms with E-state index in [1.54, 1.807) is 48.8 Å². The van der Waals surface area contributed by atoms with Crippen LogP contribution in [0.15, 0.2) is 61.1 Å². The van der Waals surface area contributed by atoms with Gasteiger partial charge in [-0.25, -0.2) is 15.0 Å². The van der Waals surface area contributed by atoms with Crippen LogP contribution in [-0.2, 0) is 6.18 Å². The van der Waals surface area contributed by atoms with Gasteiger partial charge in [0.05, 0.1) is 17.6 Å². The highest BCUT2D eigenvalue weighted by Crippen LogP contribution is 2.32. The minimum Gasteiger partial charge on any atom is -0.335 e. The molecule has 0 radical (unpaired) electrons. The molecule has 4 rings (SSSR count). The van der Waals surface area contributed by atoms with Gasteiger partial charge in [-0.15, -0.1) is 0 Å². The Morgan fingerprint density at radius 3 is 2.39 bits per heavy atom. The molecule has 0 bridgehead atoms. The number of nitrogens with one attached hydrogen (secondary N) is 1. The average molecular weight is 402 g/mol. The first kappa shape index (κ1) is 18.1. The number of hydrogen-bond donors (Lipinski definition) is 1. The fourth-order valence-electron chi connectivity index (χ4n) is 2.57. The van der Waals surface area contributed by atoms with E-state index in [-0.39, 0.29) is 17.3 Å². The van der Waals surface area contributed by atoms with Crippen molar-refractivity contribution >= 4 is 11.6 Å². The van der Waals surface area contributed by atoms with Crippen LogP contribution in [0.2, 0.25) is 5.02 Å². The van der Waals surface area contributed by atoms with E-state index in [1.165, 1.54) is 6.20 Å². The van der Waals surface area contributed by atoms with Crippen molar-refractivity contribution in [3.63, 3.8) is 0 Å². The number of H-pyrrole nitrogens is 1. The normalized spacial score (nSPS) is 11.6. The van der Waals surface area contributed by atoms with Crippen LogP contribution in [0.3, 0.4) is 0 Å². The van der Waals surface area contributed by atoms with E-state index in [1.807, 2.05) is 0 Å². The van der Waals surface area contributed by atoms with Gasteiger partial charge in [0.15, 0.2) is 11.6 Å². The van der Waals surface area contributed by atoms with Crippen LogP contribution >= 0.6 is 11.6 Å². The maximum atomic E-state index is 13.4. The van der Waals surface area contributed by atoms with Gasteiger partial charge in [0.25, 0.3) is 0 Å². The van der Waals surface area contributed by atoms with E-state index in [9.17, 15) is 13.2 Å². The number of nitrogens with zero attached hydrogens (tertiary/aromatic N) is 4. The number of imidazole rings is 1. The molecule has 0 saturated heterocycles. The number of benzene rings is 1. The molecule has 0 amide bonds. The lowest BCUT2D eigenvalue weighted by molar-refractivity contribution is -0.141. The Bertz CT molecular complexity index is 1110. The van der Waals surface area contributed by atoms with Crippen LogP contribution in [-0.4, -0.2) is 24.9 Å². The predicted octanol–water partition coefficient (Wildman–Crippen LogP) is 5.27. The molecule has 1 aromatic carbocycles. The monoisotopic (exact) mass is 401 g/mol. The SMILES string of the molecule is FC(F)(F)c1cc(-c2ccc(Cl)cc2)nc(-c2ncc(-c3cccnc3)[nH]2)n1. The molecule has 3 aromatic heterocycles. The summed E-state index contributed by atoms with van der Waals surface area (Å²) in [4.78, 5) is 19.0. The second kappa shape index (κ2) is 7.05. The standard InChI is InChI=1S/C19H11ClF3N5/c20-13-5-3-11(4-6-13)14-8-16(19(21,22)23)28-18(26-14)17-25-10-15(27-17)12-2-1-7-24-9-12/h1-10H,(H,25,27). The van der Waals surface area contributed by atoms with E-state index >= 15 is 0 Å². The summed E-state index contributed by atoms with van der Waals surface area (Å²) in [5.41, 5.74) is 0.885. The fraction of sp³-hybridized carbons (Fsp3) is 0.0526. The highest BCUT2D eigenvalue weighted by molar-refractivity contribution is 6.30. The Morgan fingerprint density at radius 1 is 0.929 bits per heavy atom. The van der Waals surface area contributed by atoms with Crippen molar-refractivity contribution in [1.82, 2.24) is 24.9 Å². The average Bonchev–Trinajstić information content (AvgIpc) is 3.18. The zero-order valence-electron chi connectivity index (χ0n) is 14.1. The van der Waals surface area contributed by atoms with Crippen molar-refractivity contribution in [2.24, 2.45) is 0 Å². The lowest BCUT2D eigenvalue weighted by Gasteiger charge is -2.10. The third kappa shape index (κ3) is 3.72. The van der Waals surface area contributed by atoms with Gasteiger partial charge in [-0.05, 0) is 30.3 Å². The maximum Gasteiger partial charge on any atom is 0.433 e. The molecule has 0 spiro atoms. The molecular formula is C19H11ClF3N5. The number of aromatic amines is 1. The second-order valence-electron chi connectivity index (χ2n) is 5.85. The molecule has 1 N–H and O–H groups in total. The van der Waals surface area contributed by atoms with Crippen LogP contribution in [0.5, 0.6) is 0 Å². The molecule has 0 aliphatic rings. The Morgan fingerprint density at radius 2 is 1.71 bits per heavy atom. The summed E-state index contributed by atoms with van der Waals surface area (Å²) in [5.74, 6) is -0.0323. The molecule has 5 nitrogen and oxygen atoms in total. The van der Waals surface area contributed by atoms with Gasteiger partial charge in [-0.3, -0.25) is 4.98 Å². The Balaban J connectivity index is 1.81. The number of hydrogen-bond acceptors (Lipinski definition) is 4. The first-order valence-corrected chi connectivity index (χ1v) is 8.46. The van der Waals surface area contributed by atoms with Gasteiger partial charge < -0.3 is 4.98 Å². The molecule has 0 unspecified atom stereocenters. The van der Waals surface area contributed by atoms with Crippen molar-refractivity contribution in [2.75, 3.05) is 0 Å². The molecule has 28 heavy (non-hydrogen) atoms. The zero-order chi connectivity index (χ0) is 19.7. The van der Waals surface area contributed by atoms with Crippen molar-refractivity contribution in [3.8, 4) is 34.2 Å². The molecule has 140 valence electrons. The molecule has 0 atom stereocenters. The Kier molecular flexibility index (Phi) is 4.56. The second-order valence-corrected chi connectivity index (χ2v) is 6.29. The summed E-state index contributed by atoms with van der Waals surface area (Å²) in [5, 5.41) is 0.473. The fourth-order valence-corrected chi connectivity index (χ4v) is 2.70. The van der Waals surface area contributed by atoms with Crippen molar-refractivity contribution < 1.29 is 13.2 Å². The number of halogens is 4. The lowest BCUT2D eigenvalue weighted by atomic mass is 10.1. The van der Waals surface area contributed by atoms with E-state index in [4.69, 9.17) is 11.6 Å². The minimum atomic E-state index is -4.63. The lowest BCUT2D eigenvalue weighted by Crippen LogP contribution is -2.10. The summed E-state index contributed by atoms with van der Waals surface area (Å²) in [6.45, 7) is 0. The first-order chi connectivity index (χ1) is 13.4. The number of alkyl halides is 3. The van der Waals surface area contributed by atoms with Gasteiger partial charge in [0.1, 0.15) is 5.69 Å². The van der Waals surface area contributed by atoms with Gasteiger partial charge in [-0.1, -0.05) is 23.7 Å². The van der Waals surface area contributed by atoms with Crippen LogP contribution in [0.1, 0.15) is 5.69 Å². The molecule has 0 saturated carbocycles. The van der Waals surface area contributed by atoms with E-state index in [2.05, 4.69) is 24.9 Å². The Hall–Kier alpha value is -3.26. The molecule has 0 fully saturated rings. The van der Waals surface area contributed by atoms with Gasteiger partial charge >= 0.3 is 6.18 Å². The number of pyridine rings is 1. The van der Waals surface area contributed by atoms with Crippen LogP contribution < -0.4 is 0 Å². The van der Waals surface area contributed by atoms with E-state index in [0.29, 0.717) is 16.3 Å². The summed E-state index contributed by atoms with van der Waals surface area (Å²) in [7, 11) is 0. The molecule has 3 heterocycles. The molecular weight excluding hydrogens is 391 g/mol. The third-order valence-electron chi connectivity index (χ3n) is 3.92. The van der Waals surface area contributed by atoms with Crippen molar-refractivity contribution in [1.29, 1.82) is 0 Å². The topological polar surface area (TPSA) is 67.3 Å². The van der Waals surface area contributed by atoms with Gasteiger partial charge in [-0.2, -0.15) is 13.2 Å².